The van der Waals surface area contributed by atoms with Gasteiger partial charge in [-0.2, -0.15) is 0 Å². The van der Waals surface area contributed by atoms with Gasteiger partial charge in [0.1, 0.15) is 65.0 Å². The predicted octanol–water partition coefficient (Wildman–Crippen LogP) is 1.21. The minimum Gasteiger partial charge on any atom is -0.462 e. The van der Waals surface area contributed by atoms with Gasteiger partial charge in [0.2, 0.25) is 41.7 Å². The van der Waals surface area contributed by atoms with Gasteiger partial charge < -0.3 is 75.9 Å². The number of likely N-dealkylation sites (tertiary alicyclic amines) is 1. The zero-order valence-electron chi connectivity index (χ0n) is 57.4. The van der Waals surface area contributed by atoms with Gasteiger partial charge in [-0.15, -0.1) is 11.3 Å². The highest BCUT2D eigenvalue weighted by Crippen LogP contribution is 2.33. The first-order valence-corrected chi connectivity index (χ1v) is 34.8. The van der Waals surface area contributed by atoms with Gasteiger partial charge in [0, 0.05) is 103 Å². The average Bonchev–Trinajstić information content (AvgIpc) is 1.07. The number of benzene rings is 2. The molecule has 3 saturated heterocycles. The van der Waals surface area contributed by atoms with Crippen molar-refractivity contribution in [2.24, 2.45) is 17.6 Å². The van der Waals surface area contributed by atoms with Crippen LogP contribution in [0.3, 0.4) is 0 Å². The molecule has 13 atom stereocenters. The molecule has 29 heteroatoms. The minimum absolute atomic E-state index is 0.0574. The van der Waals surface area contributed by atoms with E-state index in [9.17, 15) is 58.8 Å². The number of aliphatic hydroxyl groups excluding tert-OH is 4. The Morgan fingerprint density at radius 3 is 2.06 bits per heavy atom. The number of esters is 1. The summed E-state index contributed by atoms with van der Waals surface area (Å²) in [6.07, 6.45) is -2.21. The molecule has 9 N–H and O–H groups in total. The van der Waals surface area contributed by atoms with Crippen molar-refractivity contribution in [2.75, 3.05) is 73.6 Å². The van der Waals surface area contributed by atoms with Crippen LogP contribution in [0.2, 0.25) is 0 Å². The maximum atomic E-state index is 15.2. The van der Waals surface area contributed by atoms with Crippen molar-refractivity contribution >= 4 is 70.5 Å². The number of piperidine rings is 1. The third-order valence-electron chi connectivity index (χ3n) is 18.9. The van der Waals surface area contributed by atoms with Crippen LogP contribution in [0.1, 0.15) is 132 Å². The largest absolute Gasteiger partial charge is 0.462 e. The number of ether oxygens (including phenoxy) is 3. The van der Waals surface area contributed by atoms with Crippen molar-refractivity contribution in [3.8, 4) is 5.75 Å². The second kappa shape index (κ2) is 36.9. The topological polar surface area (TPSA) is 374 Å². The number of amides is 9. The van der Waals surface area contributed by atoms with E-state index in [2.05, 4.69) is 16.0 Å². The maximum absolute atomic E-state index is 15.2. The summed E-state index contributed by atoms with van der Waals surface area (Å²) in [7, 11) is 4.95. The maximum Gasteiger partial charge on any atom is 0.303 e. The number of likely N-dealkylation sites (N-methyl/N-ethyl adjacent to an activating group) is 3. The summed E-state index contributed by atoms with van der Waals surface area (Å²) >= 11 is 1.03. The number of carbonyl (C=O) groups is 10. The summed E-state index contributed by atoms with van der Waals surface area (Å²) in [6.45, 7) is 10.0. The lowest BCUT2D eigenvalue weighted by Crippen LogP contribution is -2.60. The number of thiazole rings is 1. The molecule has 3 fully saturated rings. The van der Waals surface area contributed by atoms with Gasteiger partial charge in [-0.1, -0.05) is 83.0 Å². The zero-order chi connectivity index (χ0) is 71.5. The molecule has 0 radical (unpaired) electrons. The van der Waals surface area contributed by atoms with Gasteiger partial charge in [-0.25, -0.2) is 4.98 Å². The number of hydrogen-bond acceptors (Lipinski definition) is 21. The summed E-state index contributed by atoms with van der Waals surface area (Å²) in [4.78, 5) is 152. The summed E-state index contributed by atoms with van der Waals surface area (Å²) in [5, 5.41) is 51.9. The summed E-state index contributed by atoms with van der Waals surface area (Å²) in [6, 6.07) is 9.50. The van der Waals surface area contributed by atoms with Gasteiger partial charge in [0.15, 0.2) is 6.10 Å². The molecule has 0 aliphatic carbocycles. The minimum atomic E-state index is -1.71. The number of imide groups is 1. The quantitative estimate of drug-likeness (QED) is 0.0241. The van der Waals surface area contributed by atoms with Crippen molar-refractivity contribution < 1.29 is 82.6 Å². The first kappa shape index (κ1) is 77.6. The Morgan fingerprint density at radius 2 is 1.44 bits per heavy atom. The molecule has 1 aromatic heterocycles. The van der Waals surface area contributed by atoms with Crippen LogP contribution in [0.25, 0.3) is 0 Å². The van der Waals surface area contributed by atoms with E-state index < -0.39 is 115 Å². The number of carbonyl (C=O) groups excluding carboxylic acids is 10. The van der Waals surface area contributed by atoms with Gasteiger partial charge in [-0.05, 0) is 93.8 Å². The van der Waals surface area contributed by atoms with E-state index >= 15 is 9.59 Å². The lowest BCUT2D eigenvalue weighted by atomic mass is 9.92. The molecule has 0 spiro atoms. The Morgan fingerprint density at radius 1 is 0.786 bits per heavy atom. The smallest absolute Gasteiger partial charge is 0.303 e. The molecule has 7 unspecified atom stereocenters. The number of nitrogens with zero attached hydrogens (tertiary/aromatic N) is 7. The highest BCUT2D eigenvalue weighted by molar-refractivity contribution is 7.09. The lowest BCUT2D eigenvalue weighted by molar-refractivity contribution is -0.277. The molecule has 5 heterocycles. The Kier molecular flexibility index (Phi) is 29.2. The Hall–Kier alpha value is -7.77. The number of rotatable bonds is 33. The fourth-order valence-electron chi connectivity index (χ4n) is 12.7. The van der Waals surface area contributed by atoms with E-state index in [1.165, 1.54) is 48.5 Å². The van der Waals surface area contributed by atoms with Crippen LogP contribution in [-0.4, -0.2) is 254 Å². The van der Waals surface area contributed by atoms with Gasteiger partial charge in [0.05, 0.1) is 12.6 Å². The van der Waals surface area contributed by atoms with E-state index in [0.29, 0.717) is 31.2 Å². The molecule has 9 amide bonds. The monoisotopic (exact) mass is 1390 g/mol. The molecule has 4 aliphatic heterocycles. The van der Waals surface area contributed by atoms with E-state index in [1.54, 1.807) is 46.0 Å². The van der Waals surface area contributed by atoms with Crippen molar-refractivity contribution in [3.63, 3.8) is 0 Å². The van der Waals surface area contributed by atoms with E-state index in [-0.39, 0.29) is 130 Å². The van der Waals surface area contributed by atoms with Crippen LogP contribution in [0.4, 0.5) is 0 Å². The first-order chi connectivity index (χ1) is 46.7. The highest BCUT2D eigenvalue weighted by Gasteiger charge is 2.45. The molecule has 538 valence electrons. The van der Waals surface area contributed by atoms with Crippen LogP contribution in [0.15, 0.2) is 72.1 Å². The molecular weight excluding hydrogens is 1290 g/mol. The van der Waals surface area contributed by atoms with E-state index in [4.69, 9.17) is 24.9 Å². The number of piperazine rings is 1. The van der Waals surface area contributed by atoms with Crippen molar-refractivity contribution in [1.29, 1.82) is 0 Å². The molecule has 28 nitrogen and oxygen atoms in total. The number of unbranched alkanes of at least 4 members (excludes halogenated alkanes) is 1. The Balaban J connectivity index is 1.13. The number of aromatic nitrogens is 1. The Bertz CT molecular complexity index is 3220. The molecular formula is C69H99N11O17S. The van der Waals surface area contributed by atoms with Crippen LogP contribution in [0.5, 0.6) is 5.75 Å². The SMILES string of the molecule is CC[C@H](C)C(NC(=O)C1CCCCN1C)C(=O)N(C)[C@H](C[C@@H](OC(C)=O)c1nc(C(=O)N(C)[C@@H](Cc2ccc(OC3OC(CO)C(O)C(O)C3O)cc2)C(=O)N[C@H](CCCCN)C(=O)N[C@@H](Cc2ccccc2)C(=O)N2CCN(C(=O)CCCN3C(=O)C=CC3=O)CC2)cs1)C(C)C. The van der Waals surface area contributed by atoms with Crippen LogP contribution in [0, 0.1) is 11.8 Å². The second-order valence-electron chi connectivity index (χ2n) is 26.2. The lowest BCUT2D eigenvalue weighted by Gasteiger charge is -2.39. The van der Waals surface area contributed by atoms with Gasteiger partial charge in [0.25, 0.3) is 17.7 Å². The van der Waals surface area contributed by atoms with Crippen LogP contribution >= 0.6 is 11.3 Å². The van der Waals surface area contributed by atoms with E-state index in [1.807, 2.05) is 57.8 Å². The molecule has 7 rings (SSSR count). The predicted molar refractivity (Wildman–Crippen MR) is 360 cm³/mol. The van der Waals surface area contributed by atoms with Gasteiger partial charge in [-0.3, -0.25) is 57.7 Å². The number of hydrogen-bond donors (Lipinski definition) is 8. The van der Waals surface area contributed by atoms with Crippen molar-refractivity contribution in [3.05, 3.63) is 94.0 Å². The van der Waals surface area contributed by atoms with E-state index in [0.717, 1.165) is 41.2 Å². The number of nitrogens with two attached hydrogens (primary N) is 1. The van der Waals surface area contributed by atoms with Crippen LogP contribution < -0.4 is 26.4 Å². The molecule has 3 aromatic rings. The summed E-state index contributed by atoms with van der Waals surface area (Å²) in [5.41, 5.74) is 7.00. The van der Waals surface area contributed by atoms with Gasteiger partial charge >= 0.3 is 5.97 Å². The Labute approximate surface area is 576 Å². The number of aliphatic hydroxyl groups is 4. The highest BCUT2D eigenvalue weighted by atomic mass is 32.1. The molecule has 0 saturated carbocycles. The molecule has 2 aromatic carbocycles. The molecule has 0 bridgehead atoms. The summed E-state index contributed by atoms with van der Waals surface area (Å²) in [5.74, 6) is -5.23. The third-order valence-corrected chi connectivity index (χ3v) is 19.8. The number of nitrogens with one attached hydrogen (secondary N) is 3. The second-order valence-corrected chi connectivity index (χ2v) is 27.1. The summed E-state index contributed by atoms with van der Waals surface area (Å²) < 4.78 is 17.3. The normalized spacial score (nSPS) is 21.9. The molecule has 4 aliphatic rings. The fourth-order valence-corrected chi connectivity index (χ4v) is 13.5. The van der Waals surface area contributed by atoms with Crippen LogP contribution in [-0.2, 0) is 65.5 Å². The third kappa shape index (κ3) is 20.7. The van der Waals surface area contributed by atoms with Crippen molar-refractivity contribution in [1.82, 2.24) is 50.3 Å². The van der Waals surface area contributed by atoms with Crippen molar-refractivity contribution in [2.45, 2.75) is 185 Å². The first-order valence-electron chi connectivity index (χ1n) is 33.9. The zero-order valence-corrected chi connectivity index (χ0v) is 58.2. The standard InChI is InChI=1S/C69H99N11O17S/c1-9-42(4)58(74-63(90)50-21-14-16-30-75(50)6)68(94)76(7)51(41(2)3)38-53(95-43(5)82)65-73-49(40-98-65)66(92)77(8)52(37-45-23-25-46(26-24-45)96-69-61(88)60(87)59(86)54(39-81)97-69)64(91)71-47(20-13-15-29-70)62(89)72-48(36-44-18-11-10-12-19-44)67(93)79-34-32-78(33-35-79)55(83)22-17-31-80-56(84)27-28-57(80)85/h10-12,18-19,23-28,40-42,47-48,50-54,58-61,69,81,86-88H,9,13-17,20-22,29-39,70H2,1-8H3,(H,71,91)(H,72,89)(H,74,90)/t42-,47+,48-,50?,51+,52-,53+,54?,58?,59?,60?,61?,69?/m0/s1. The molecule has 98 heavy (non-hydrogen) atoms. The average molecular weight is 1390 g/mol. The fraction of sp³-hybridized carbons (Fsp3) is 0.609.